The van der Waals surface area contributed by atoms with Gasteiger partial charge in [0.15, 0.2) is 0 Å². The van der Waals surface area contributed by atoms with Gasteiger partial charge in [0.2, 0.25) is 0 Å². The Morgan fingerprint density at radius 1 is 1.44 bits per heavy atom. The fourth-order valence-electron chi connectivity index (χ4n) is 2.91. The van der Waals surface area contributed by atoms with Crippen LogP contribution >= 0.6 is 0 Å². The molecule has 2 N–H and O–H groups in total. The van der Waals surface area contributed by atoms with E-state index < -0.39 is 5.60 Å². The lowest BCUT2D eigenvalue weighted by molar-refractivity contribution is 0.0273. The van der Waals surface area contributed by atoms with Crippen LogP contribution in [0.1, 0.15) is 33.1 Å². The van der Waals surface area contributed by atoms with Gasteiger partial charge >= 0.3 is 0 Å². The molecule has 1 aliphatic heterocycles. The summed E-state index contributed by atoms with van der Waals surface area (Å²) in [6, 6.07) is 0.752. The number of nitrogens with one attached hydrogen (secondary N) is 1. The first kappa shape index (κ1) is 14.3. The molecule has 4 nitrogen and oxygen atoms in total. The van der Waals surface area contributed by atoms with E-state index >= 15 is 0 Å². The standard InChI is InChI=1S/C14H28N2O2/c1-13(2,17)9-16(3)10-14(6-7-18-11-14)8-15-12-4-5-12/h12,15,17H,4-11H2,1-3H3. The number of nitrogens with zero attached hydrogens (tertiary/aromatic N) is 1. The van der Waals surface area contributed by atoms with Gasteiger partial charge < -0.3 is 20.1 Å². The average molecular weight is 256 g/mol. The summed E-state index contributed by atoms with van der Waals surface area (Å²) in [4.78, 5) is 2.24. The molecule has 1 unspecified atom stereocenters. The molecule has 0 aromatic carbocycles. The fraction of sp³-hybridized carbons (Fsp3) is 1.00. The molecule has 4 heteroatoms. The predicted molar refractivity (Wildman–Crippen MR) is 72.7 cm³/mol. The minimum Gasteiger partial charge on any atom is -0.389 e. The second-order valence-electron chi connectivity index (χ2n) is 6.94. The summed E-state index contributed by atoms with van der Waals surface area (Å²) in [7, 11) is 2.09. The Labute approximate surface area is 111 Å². The quantitative estimate of drug-likeness (QED) is 0.709. The highest BCUT2D eigenvalue weighted by Crippen LogP contribution is 2.31. The van der Waals surface area contributed by atoms with Crippen LogP contribution in [0.4, 0.5) is 0 Å². The van der Waals surface area contributed by atoms with Crippen LogP contribution in [0.25, 0.3) is 0 Å². The number of aliphatic hydroxyl groups is 1. The van der Waals surface area contributed by atoms with Crippen LogP contribution in [0.2, 0.25) is 0 Å². The Morgan fingerprint density at radius 3 is 2.67 bits per heavy atom. The van der Waals surface area contributed by atoms with Gasteiger partial charge in [-0.15, -0.1) is 0 Å². The van der Waals surface area contributed by atoms with Crippen LogP contribution in [-0.4, -0.2) is 61.5 Å². The van der Waals surface area contributed by atoms with Crippen molar-refractivity contribution >= 4 is 0 Å². The number of hydrogen-bond acceptors (Lipinski definition) is 4. The van der Waals surface area contributed by atoms with Crippen molar-refractivity contribution in [1.82, 2.24) is 10.2 Å². The lowest BCUT2D eigenvalue weighted by Crippen LogP contribution is -2.47. The third-order valence-electron chi connectivity index (χ3n) is 3.79. The van der Waals surface area contributed by atoms with Gasteiger partial charge in [-0.25, -0.2) is 0 Å². The van der Waals surface area contributed by atoms with Crippen molar-refractivity contribution < 1.29 is 9.84 Å². The fourth-order valence-corrected chi connectivity index (χ4v) is 2.91. The summed E-state index contributed by atoms with van der Waals surface area (Å²) in [5, 5.41) is 13.5. The average Bonchev–Trinajstić information content (AvgIpc) is 2.95. The van der Waals surface area contributed by atoms with E-state index in [1.165, 1.54) is 12.8 Å². The predicted octanol–water partition coefficient (Wildman–Crippen LogP) is 0.848. The second-order valence-corrected chi connectivity index (χ2v) is 6.94. The van der Waals surface area contributed by atoms with Crippen molar-refractivity contribution in [1.29, 1.82) is 0 Å². The van der Waals surface area contributed by atoms with Crippen LogP contribution in [0.3, 0.4) is 0 Å². The smallest absolute Gasteiger partial charge is 0.0718 e. The van der Waals surface area contributed by atoms with E-state index in [9.17, 15) is 5.11 Å². The molecular formula is C14H28N2O2. The zero-order valence-corrected chi connectivity index (χ0v) is 12.0. The van der Waals surface area contributed by atoms with Crippen LogP contribution in [0, 0.1) is 5.41 Å². The zero-order valence-electron chi connectivity index (χ0n) is 12.0. The molecular weight excluding hydrogens is 228 g/mol. The molecule has 1 saturated heterocycles. The summed E-state index contributed by atoms with van der Waals surface area (Å²) in [6.07, 6.45) is 3.79. The maximum atomic E-state index is 9.89. The third kappa shape index (κ3) is 4.50. The molecule has 0 spiro atoms. The first-order chi connectivity index (χ1) is 8.39. The van der Waals surface area contributed by atoms with Gasteiger partial charge in [0, 0.05) is 37.7 Å². The summed E-state index contributed by atoms with van der Waals surface area (Å²) in [5.41, 5.74) is -0.387. The Kier molecular flexibility index (Phi) is 4.32. The van der Waals surface area contributed by atoms with Crippen molar-refractivity contribution in [2.75, 3.05) is 39.9 Å². The Morgan fingerprint density at radius 2 is 2.17 bits per heavy atom. The lowest BCUT2D eigenvalue weighted by Gasteiger charge is -2.35. The normalized spacial score (nSPS) is 29.2. The van der Waals surface area contributed by atoms with Crippen molar-refractivity contribution in [3.63, 3.8) is 0 Å². The van der Waals surface area contributed by atoms with E-state index in [0.717, 1.165) is 38.8 Å². The van der Waals surface area contributed by atoms with Gasteiger partial charge in [-0.2, -0.15) is 0 Å². The molecule has 0 aromatic heterocycles. The molecule has 18 heavy (non-hydrogen) atoms. The highest BCUT2D eigenvalue weighted by Gasteiger charge is 2.38. The molecule has 0 bridgehead atoms. The zero-order chi connectivity index (χ0) is 13.2. The molecule has 1 aliphatic carbocycles. The van der Waals surface area contributed by atoms with E-state index in [0.29, 0.717) is 6.54 Å². The third-order valence-corrected chi connectivity index (χ3v) is 3.79. The summed E-state index contributed by atoms with van der Waals surface area (Å²) >= 11 is 0. The largest absolute Gasteiger partial charge is 0.389 e. The minimum absolute atomic E-state index is 0.239. The number of hydrogen-bond donors (Lipinski definition) is 2. The molecule has 2 fully saturated rings. The number of rotatable bonds is 7. The van der Waals surface area contributed by atoms with Crippen LogP contribution in [-0.2, 0) is 4.74 Å². The molecule has 0 aromatic rings. The molecule has 2 aliphatic rings. The van der Waals surface area contributed by atoms with Crippen LogP contribution < -0.4 is 5.32 Å². The molecule has 1 saturated carbocycles. The van der Waals surface area contributed by atoms with Crippen LogP contribution in [0.5, 0.6) is 0 Å². The van der Waals surface area contributed by atoms with E-state index in [1.807, 2.05) is 13.8 Å². The van der Waals surface area contributed by atoms with Gasteiger partial charge in [0.1, 0.15) is 0 Å². The second kappa shape index (κ2) is 5.45. The number of ether oxygens (including phenoxy) is 1. The molecule has 106 valence electrons. The van der Waals surface area contributed by atoms with Gasteiger partial charge in [-0.3, -0.25) is 0 Å². The number of likely N-dealkylation sites (N-methyl/N-ethyl adjacent to an activating group) is 1. The van der Waals surface area contributed by atoms with Gasteiger partial charge in [0.05, 0.1) is 12.2 Å². The van der Waals surface area contributed by atoms with Crippen molar-refractivity contribution in [2.24, 2.45) is 5.41 Å². The Bertz CT molecular complexity index is 265. The highest BCUT2D eigenvalue weighted by molar-refractivity contribution is 4.92. The molecule has 0 radical (unpaired) electrons. The van der Waals surface area contributed by atoms with Gasteiger partial charge in [-0.1, -0.05) is 0 Å². The highest BCUT2D eigenvalue weighted by atomic mass is 16.5. The summed E-state index contributed by atoms with van der Waals surface area (Å²) < 4.78 is 5.61. The van der Waals surface area contributed by atoms with Crippen molar-refractivity contribution in [2.45, 2.75) is 44.8 Å². The topological polar surface area (TPSA) is 44.7 Å². The molecule has 2 rings (SSSR count). The van der Waals surface area contributed by atoms with Gasteiger partial charge in [-0.05, 0) is 40.2 Å². The summed E-state index contributed by atoms with van der Waals surface area (Å²) in [5.74, 6) is 0. The van der Waals surface area contributed by atoms with E-state index in [1.54, 1.807) is 0 Å². The maximum Gasteiger partial charge on any atom is 0.0718 e. The summed E-state index contributed by atoms with van der Waals surface area (Å²) in [6.45, 7) is 8.21. The first-order valence-electron chi connectivity index (χ1n) is 7.11. The first-order valence-corrected chi connectivity index (χ1v) is 7.11. The van der Waals surface area contributed by atoms with Crippen molar-refractivity contribution in [3.05, 3.63) is 0 Å². The Balaban J connectivity index is 1.84. The SMILES string of the molecule is CN(CC(C)(C)O)CC1(CNC2CC2)CCOC1. The monoisotopic (exact) mass is 256 g/mol. The minimum atomic E-state index is -0.626. The lowest BCUT2D eigenvalue weighted by atomic mass is 9.86. The van der Waals surface area contributed by atoms with E-state index in [2.05, 4.69) is 17.3 Å². The van der Waals surface area contributed by atoms with E-state index in [4.69, 9.17) is 4.74 Å². The van der Waals surface area contributed by atoms with E-state index in [-0.39, 0.29) is 5.41 Å². The molecule has 1 atom stereocenters. The molecule has 0 amide bonds. The molecule has 1 heterocycles. The van der Waals surface area contributed by atoms with Gasteiger partial charge in [0.25, 0.3) is 0 Å². The van der Waals surface area contributed by atoms with Crippen LogP contribution in [0.15, 0.2) is 0 Å². The van der Waals surface area contributed by atoms with Crippen molar-refractivity contribution in [3.8, 4) is 0 Å². The Hall–Kier alpha value is -0.160. The maximum absolute atomic E-state index is 9.89.